The molecule has 1 aliphatic rings. The van der Waals surface area contributed by atoms with Crippen molar-refractivity contribution in [3.63, 3.8) is 0 Å². The summed E-state index contributed by atoms with van der Waals surface area (Å²) >= 11 is 0. The highest BCUT2D eigenvalue weighted by Gasteiger charge is 2.34. The van der Waals surface area contributed by atoms with E-state index in [1.54, 1.807) is 0 Å². The van der Waals surface area contributed by atoms with Crippen molar-refractivity contribution in [3.8, 4) is 0 Å². The summed E-state index contributed by atoms with van der Waals surface area (Å²) in [6.07, 6.45) is 0. The lowest BCUT2D eigenvalue weighted by Crippen LogP contribution is -2.32. The Labute approximate surface area is 95.6 Å². The van der Waals surface area contributed by atoms with Crippen molar-refractivity contribution >= 4 is 0 Å². The summed E-state index contributed by atoms with van der Waals surface area (Å²) in [5.41, 5.74) is 0. The minimum atomic E-state index is 0.794. The maximum Gasteiger partial charge on any atom is 0.0351 e. The van der Waals surface area contributed by atoms with Crippen LogP contribution in [0.3, 0.4) is 0 Å². The fourth-order valence-electron chi connectivity index (χ4n) is 2.24. The Hall–Kier alpha value is -0.0800. The van der Waals surface area contributed by atoms with Crippen molar-refractivity contribution in [1.29, 1.82) is 0 Å². The summed E-state index contributed by atoms with van der Waals surface area (Å²) in [5, 5.41) is 0. The van der Waals surface area contributed by atoms with Gasteiger partial charge in [-0.25, -0.2) is 0 Å². The van der Waals surface area contributed by atoms with E-state index in [9.17, 15) is 0 Å². The first-order valence-electron chi connectivity index (χ1n) is 6.49. The summed E-state index contributed by atoms with van der Waals surface area (Å²) in [6, 6.07) is 0.853. The summed E-state index contributed by atoms with van der Waals surface area (Å²) < 4.78 is 0. The van der Waals surface area contributed by atoms with Gasteiger partial charge in [-0.2, -0.15) is 0 Å². The summed E-state index contributed by atoms with van der Waals surface area (Å²) in [6.45, 7) is 17.8. The van der Waals surface area contributed by atoms with E-state index >= 15 is 0 Å². The topological polar surface area (TPSA) is 6.25 Å². The van der Waals surface area contributed by atoms with E-state index < -0.39 is 0 Å². The van der Waals surface area contributed by atoms with Crippen molar-refractivity contribution in [2.45, 2.75) is 40.7 Å². The summed E-state index contributed by atoms with van der Waals surface area (Å²) in [4.78, 5) is 5.20. The van der Waals surface area contributed by atoms with E-state index in [-0.39, 0.29) is 0 Å². The minimum absolute atomic E-state index is 0.794. The molecule has 0 spiro atoms. The van der Waals surface area contributed by atoms with Crippen LogP contribution in [0.2, 0.25) is 0 Å². The standard InChI is InChI=1S/C13H28N2/c1-6-14(7-11(2)3)9-13-10-15(13)8-12(4)5/h11-13H,6-10H2,1-5H3. The highest BCUT2D eigenvalue weighted by molar-refractivity contribution is 4.91. The number of rotatable bonds is 7. The third kappa shape index (κ3) is 4.98. The maximum atomic E-state index is 2.60. The van der Waals surface area contributed by atoms with Gasteiger partial charge < -0.3 is 4.90 Å². The number of nitrogens with zero attached hydrogens (tertiary/aromatic N) is 2. The summed E-state index contributed by atoms with van der Waals surface area (Å²) in [7, 11) is 0. The van der Waals surface area contributed by atoms with Crippen LogP contribution in [0.1, 0.15) is 34.6 Å². The Morgan fingerprint density at radius 1 is 1.20 bits per heavy atom. The minimum Gasteiger partial charge on any atom is -0.302 e. The van der Waals surface area contributed by atoms with E-state index in [0.29, 0.717) is 0 Å². The van der Waals surface area contributed by atoms with E-state index in [0.717, 1.165) is 17.9 Å². The van der Waals surface area contributed by atoms with Gasteiger partial charge in [0.2, 0.25) is 0 Å². The van der Waals surface area contributed by atoms with Gasteiger partial charge >= 0.3 is 0 Å². The third-order valence-corrected chi connectivity index (χ3v) is 2.97. The molecule has 0 aromatic heterocycles. The van der Waals surface area contributed by atoms with E-state index in [2.05, 4.69) is 44.4 Å². The third-order valence-electron chi connectivity index (χ3n) is 2.97. The van der Waals surface area contributed by atoms with Gasteiger partial charge in [-0.3, -0.25) is 4.90 Å². The first-order chi connectivity index (χ1) is 7.02. The van der Waals surface area contributed by atoms with Crippen LogP contribution in [-0.4, -0.2) is 48.6 Å². The van der Waals surface area contributed by atoms with Gasteiger partial charge in [-0.15, -0.1) is 0 Å². The molecular formula is C13H28N2. The molecule has 2 heteroatoms. The smallest absolute Gasteiger partial charge is 0.0351 e. The molecule has 0 saturated carbocycles. The maximum absolute atomic E-state index is 2.60. The average molecular weight is 212 g/mol. The van der Waals surface area contributed by atoms with Gasteiger partial charge in [0.1, 0.15) is 0 Å². The number of hydrogen-bond donors (Lipinski definition) is 0. The lowest BCUT2D eigenvalue weighted by atomic mass is 10.2. The molecule has 1 fully saturated rings. The second kappa shape index (κ2) is 5.86. The molecule has 1 rings (SSSR count). The van der Waals surface area contributed by atoms with Crippen molar-refractivity contribution in [2.24, 2.45) is 11.8 Å². The van der Waals surface area contributed by atoms with Crippen molar-refractivity contribution in [2.75, 3.05) is 32.7 Å². The van der Waals surface area contributed by atoms with Gasteiger partial charge in [0, 0.05) is 32.2 Å². The van der Waals surface area contributed by atoms with E-state index in [1.807, 2.05) is 0 Å². The molecule has 0 aromatic carbocycles. The zero-order valence-corrected chi connectivity index (χ0v) is 11.2. The quantitative estimate of drug-likeness (QED) is 0.597. The molecule has 2 atom stereocenters. The Bertz CT molecular complexity index is 177. The first kappa shape index (κ1) is 13.0. The van der Waals surface area contributed by atoms with Crippen LogP contribution >= 0.6 is 0 Å². The monoisotopic (exact) mass is 212 g/mol. The summed E-state index contributed by atoms with van der Waals surface area (Å²) in [5.74, 6) is 1.61. The predicted molar refractivity (Wildman–Crippen MR) is 67.2 cm³/mol. The second-order valence-corrected chi connectivity index (χ2v) is 5.75. The Morgan fingerprint density at radius 3 is 2.33 bits per heavy atom. The Morgan fingerprint density at radius 2 is 1.87 bits per heavy atom. The molecule has 0 N–H and O–H groups in total. The zero-order valence-electron chi connectivity index (χ0n) is 11.2. The van der Waals surface area contributed by atoms with Crippen LogP contribution < -0.4 is 0 Å². The van der Waals surface area contributed by atoms with Crippen LogP contribution in [0.15, 0.2) is 0 Å². The highest BCUT2D eigenvalue weighted by Crippen LogP contribution is 2.20. The zero-order chi connectivity index (χ0) is 11.4. The molecule has 0 bridgehead atoms. The molecule has 90 valence electrons. The van der Waals surface area contributed by atoms with Crippen molar-refractivity contribution in [3.05, 3.63) is 0 Å². The molecule has 15 heavy (non-hydrogen) atoms. The molecule has 1 saturated heterocycles. The number of likely N-dealkylation sites (N-methyl/N-ethyl adjacent to an activating group) is 1. The van der Waals surface area contributed by atoms with Gasteiger partial charge in [0.05, 0.1) is 0 Å². The molecule has 0 aromatic rings. The molecule has 2 unspecified atom stereocenters. The predicted octanol–water partition coefficient (Wildman–Crippen LogP) is 2.30. The van der Waals surface area contributed by atoms with Gasteiger partial charge in [-0.05, 0) is 18.4 Å². The largest absolute Gasteiger partial charge is 0.302 e. The molecule has 1 heterocycles. The van der Waals surface area contributed by atoms with Crippen LogP contribution in [0.25, 0.3) is 0 Å². The lowest BCUT2D eigenvalue weighted by Gasteiger charge is -2.22. The van der Waals surface area contributed by atoms with E-state index in [1.165, 1.54) is 32.7 Å². The molecule has 0 amide bonds. The van der Waals surface area contributed by atoms with Crippen LogP contribution in [0.4, 0.5) is 0 Å². The van der Waals surface area contributed by atoms with Crippen molar-refractivity contribution in [1.82, 2.24) is 9.80 Å². The molecule has 0 radical (unpaired) electrons. The fourth-order valence-corrected chi connectivity index (χ4v) is 2.24. The van der Waals surface area contributed by atoms with Crippen LogP contribution in [0.5, 0.6) is 0 Å². The molecular weight excluding hydrogens is 184 g/mol. The SMILES string of the molecule is CCN(CC(C)C)CC1CN1CC(C)C. The average Bonchev–Trinajstić information content (AvgIpc) is 2.80. The number of hydrogen-bond acceptors (Lipinski definition) is 2. The fraction of sp³-hybridized carbons (Fsp3) is 1.00. The van der Waals surface area contributed by atoms with Gasteiger partial charge in [0.15, 0.2) is 0 Å². The lowest BCUT2D eigenvalue weighted by molar-refractivity contribution is 0.243. The second-order valence-electron chi connectivity index (χ2n) is 5.75. The van der Waals surface area contributed by atoms with E-state index in [4.69, 9.17) is 0 Å². The highest BCUT2D eigenvalue weighted by atomic mass is 15.3. The van der Waals surface area contributed by atoms with Crippen molar-refractivity contribution < 1.29 is 0 Å². The Balaban J connectivity index is 2.18. The van der Waals surface area contributed by atoms with Crippen LogP contribution in [0, 0.1) is 11.8 Å². The molecule has 2 nitrogen and oxygen atoms in total. The Kier molecular flexibility index (Phi) is 5.07. The first-order valence-corrected chi connectivity index (χ1v) is 6.49. The normalized spacial score (nSPS) is 25.6. The van der Waals surface area contributed by atoms with Gasteiger partial charge in [0.25, 0.3) is 0 Å². The van der Waals surface area contributed by atoms with Crippen LogP contribution in [-0.2, 0) is 0 Å². The molecule has 0 aliphatic carbocycles. The molecule has 1 aliphatic heterocycles. The van der Waals surface area contributed by atoms with Gasteiger partial charge in [-0.1, -0.05) is 34.6 Å².